The standard InChI is InChI=1S/C22H13Cl2FN2O/c23-15-8-5-14(6-9-15)7-12-21-26-20-4-2-1-3-17(20)22(28)27(21)16-10-11-19(25)18(24)13-16/h1-13H/b12-7+. The van der Waals surface area contributed by atoms with Crippen molar-refractivity contribution in [2.45, 2.75) is 0 Å². The molecule has 4 rings (SSSR count). The number of benzene rings is 3. The van der Waals surface area contributed by atoms with E-state index in [1.54, 1.807) is 36.4 Å². The Morgan fingerprint density at radius 2 is 1.68 bits per heavy atom. The SMILES string of the molecule is O=c1c2ccccc2nc(/C=C/c2ccc(Cl)cc2)n1-c1ccc(F)c(Cl)c1. The minimum atomic E-state index is -0.550. The van der Waals surface area contributed by atoms with E-state index in [-0.39, 0.29) is 10.6 Å². The molecule has 138 valence electrons. The van der Waals surface area contributed by atoms with E-state index < -0.39 is 5.82 Å². The molecule has 0 amide bonds. The summed E-state index contributed by atoms with van der Waals surface area (Å²) in [5, 5.41) is 1.04. The number of para-hydroxylation sites is 1. The van der Waals surface area contributed by atoms with Crippen LogP contribution in [0.5, 0.6) is 0 Å². The van der Waals surface area contributed by atoms with Gasteiger partial charge >= 0.3 is 0 Å². The Morgan fingerprint density at radius 1 is 0.929 bits per heavy atom. The molecule has 0 radical (unpaired) electrons. The maximum absolute atomic E-state index is 13.6. The van der Waals surface area contributed by atoms with Gasteiger partial charge in [-0.05, 0) is 54.1 Å². The number of aromatic nitrogens is 2. The summed E-state index contributed by atoms with van der Waals surface area (Å²) in [6, 6.07) is 18.5. The van der Waals surface area contributed by atoms with Crippen molar-refractivity contribution < 1.29 is 4.39 Å². The first-order valence-corrected chi connectivity index (χ1v) is 9.19. The molecule has 0 N–H and O–H groups in total. The maximum atomic E-state index is 13.6. The minimum absolute atomic E-state index is 0.0646. The summed E-state index contributed by atoms with van der Waals surface area (Å²) in [6.07, 6.45) is 3.56. The van der Waals surface area contributed by atoms with Crippen molar-refractivity contribution in [1.82, 2.24) is 9.55 Å². The third kappa shape index (κ3) is 3.57. The fourth-order valence-electron chi connectivity index (χ4n) is 2.88. The minimum Gasteiger partial charge on any atom is -0.268 e. The van der Waals surface area contributed by atoms with Crippen molar-refractivity contribution in [2.75, 3.05) is 0 Å². The van der Waals surface area contributed by atoms with E-state index >= 15 is 0 Å². The average molecular weight is 411 g/mol. The Bertz CT molecular complexity index is 1260. The van der Waals surface area contributed by atoms with E-state index in [0.29, 0.717) is 27.4 Å². The number of nitrogens with zero attached hydrogens (tertiary/aromatic N) is 2. The van der Waals surface area contributed by atoms with E-state index in [1.807, 2.05) is 24.3 Å². The van der Waals surface area contributed by atoms with Crippen molar-refractivity contribution in [3.05, 3.63) is 104 Å². The lowest BCUT2D eigenvalue weighted by Gasteiger charge is -2.12. The fourth-order valence-corrected chi connectivity index (χ4v) is 3.18. The predicted molar refractivity (Wildman–Crippen MR) is 113 cm³/mol. The van der Waals surface area contributed by atoms with Gasteiger partial charge in [-0.25, -0.2) is 9.37 Å². The topological polar surface area (TPSA) is 34.9 Å². The first-order chi connectivity index (χ1) is 13.5. The highest BCUT2D eigenvalue weighted by molar-refractivity contribution is 6.31. The second-order valence-corrected chi connectivity index (χ2v) is 6.95. The molecule has 4 aromatic rings. The van der Waals surface area contributed by atoms with Crippen LogP contribution in [0.1, 0.15) is 11.4 Å². The van der Waals surface area contributed by atoms with Crippen LogP contribution in [0, 0.1) is 5.82 Å². The molecule has 0 aliphatic carbocycles. The zero-order valence-corrected chi connectivity index (χ0v) is 16.0. The van der Waals surface area contributed by atoms with E-state index in [1.165, 1.54) is 22.8 Å². The van der Waals surface area contributed by atoms with Gasteiger partial charge in [-0.1, -0.05) is 53.5 Å². The van der Waals surface area contributed by atoms with E-state index in [0.717, 1.165) is 5.56 Å². The molecule has 0 fully saturated rings. The average Bonchev–Trinajstić information content (AvgIpc) is 2.70. The largest absolute Gasteiger partial charge is 0.268 e. The summed E-state index contributed by atoms with van der Waals surface area (Å²) in [6.45, 7) is 0. The van der Waals surface area contributed by atoms with Crippen LogP contribution in [0.2, 0.25) is 10.0 Å². The van der Waals surface area contributed by atoms with Crippen molar-refractivity contribution >= 4 is 46.3 Å². The predicted octanol–water partition coefficient (Wildman–Crippen LogP) is 6.00. The van der Waals surface area contributed by atoms with Gasteiger partial charge in [0.15, 0.2) is 0 Å². The first kappa shape index (κ1) is 18.4. The zero-order valence-electron chi connectivity index (χ0n) is 14.4. The normalized spacial score (nSPS) is 11.4. The Morgan fingerprint density at radius 3 is 2.43 bits per heavy atom. The van der Waals surface area contributed by atoms with E-state index in [4.69, 9.17) is 23.2 Å². The number of hydrogen-bond acceptors (Lipinski definition) is 2. The highest BCUT2D eigenvalue weighted by Gasteiger charge is 2.12. The molecule has 0 bridgehead atoms. The van der Waals surface area contributed by atoms with E-state index in [9.17, 15) is 9.18 Å². The summed E-state index contributed by atoms with van der Waals surface area (Å²) in [5.74, 6) is -0.146. The number of hydrogen-bond donors (Lipinski definition) is 0. The molecule has 0 unspecified atom stereocenters. The Hall–Kier alpha value is -2.95. The zero-order chi connectivity index (χ0) is 19.7. The highest BCUT2D eigenvalue weighted by Crippen LogP contribution is 2.21. The van der Waals surface area contributed by atoms with Gasteiger partial charge in [-0.2, -0.15) is 0 Å². The third-order valence-corrected chi connectivity index (χ3v) is 4.80. The maximum Gasteiger partial charge on any atom is 0.266 e. The van der Waals surface area contributed by atoms with Gasteiger partial charge in [0.25, 0.3) is 5.56 Å². The summed E-state index contributed by atoms with van der Waals surface area (Å²) in [7, 11) is 0. The van der Waals surface area contributed by atoms with Gasteiger partial charge in [0.1, 0.15) is 11.6 Å². The fraction of sp³-hybridized carbons (Fsp3) is 0. The van der Waals surface area contributed by atoms with Gasteiger partial charge in [0, 0.05) is 5.02 Å². The van der Waals surface area contributed by atoms with Gasteiger partial charge in [-0.15, -0.1) is 0 Å². The third-order valence-electron chi connectivity index (χ3n) is 4.26. The molecule has 0 saturated heterocycles. The second-order valence-electron chi connectivity index (χ2n) is 6.11. The lowest BCUT2D eigenvalue weighted by molar-refractivity contribution is 0.627. The van der Waals surface area contributed by atoms with Crippen molar-refractivity contribution in [1.29, 1.82) is 0 Å². The van der Waals surface area contributed by atoms with Crippen LogP contribution < -0.4 is 5.56 Å². The summed E-state index contributed by atoms with van der Waals surface area (Å²) >= 11 is 11.9. The molecule has 0 atom stereocenters. The molecule has 6 heteroatoms. The number of rotatable bonds is 3. The number of fused-ring (bicyclic) bond motifs is 1. The summed E-state index contributed by atoms with van der Waals surface area (Å²) < 4.78 is 15.0. The van der Waals surface area contributed by atoms with Gasteiger partial charge in [0.05, 0.1) is 21.6 Å². The van der Waals surface area contributed by atoms with Crippen LogP contribution in [-0.4, -0.2) is 9.55 Å². The van der Waals surface area contributed by atoms with Crippen molar-refractivity contribution in [3.8, 4) is 5.69 Å². The number of halogens is 3. The quantitative estimate of drug-likeness (QED) is 0.414. The molecule has 3 aromatic carbocycles. The van der Waals surface area contributed by atoms with Gasteiger partial charge in [-0.3, -0.25) is 9.36 Å². The first-order valence-electron chi connectivity index (χ1n) is 8.44. The Labute approximate surface area is 170 Å². The molecule has 3 nitrogen and oxygen atoms in total. The second kappa shape index (κ2) is 7.58. The van der Waals surface area contributed by atoms with Gasteiger partial charge < -0.3 is 0 Å². The Balaban J connectivity index is 1.94. The van der Waals surface area contributed by atoms with Crippen LogP contribution in [0.3, 0.4) is 0 Å². The van der Waals surface area contributed by atoms with Crippen LogP contribution in [0.4, 0.5) is 4.39 Å². The van der Waals surface area contributed by atoms with E-state index in [2.05, 4.69) is 4.98 Å². The van der Waals surface area contributed by atoms with Crippen LogP contribution >= 0.6 is 23.2 Å². The molecule has 0 aliphatic rings. The summed E-state index contributed by atoms with van der Waals surface area (Å²) in [4.78, 5) is 17.7. The highest BCUT2D eigenvalue weighted by atomic mass is 35.5. The van der Waals surface area contributed by atoms with Gasteiger partial charge in [0.2, 0.25) is 0 Å². The lowest BCUT2D eigenvalue weighted by Crippen LogP contribution is -2.22. The summed E-state index contributed by atoms with van der Waals surface area (Å²) in [5.41, 5.74) is 1.65. The Kier molecular flexibility index (Phi) is 4.99. The lowest BCUT2D eigenvalue weighted by atomic mass is 10.2. The molecule has 1 heterocycles. The van der Waals surface area contributed by atoms with Crippen molar-refractivity contribution in [2.24, 2.45) is 0 Å². The van der Waals surface area contributed by atoms with Crippen LogP contribution in [-0.2, 0) is 0 Å². The molecule has 0 spiro atoms. The molecular weight excluding hydrogens is 398 g/mol. The van der Waals surface area contributed by atoms with Crippen LogP contribution in [0.15, 0.2) is 71.5 Å². The van der Waals surface area contributed by atoms with Crippen molar-refractivity contribution in [3.63, 3.8) is 0 Å². The molecule has 1 aromatic heterocycles. The smallest absolute Gasteiger partial charge is 0.266 e. The monoisotopic (exact) mass is 410 g/mol. The van der Waals surface area contributed by atoms with Crippen LogP contribution in [0.25, 0.3) is 28.7 Å². The molecule has 0 saturated carbocycles. The molecule has 28 heavy (non-hydrogen) atoms. The molecular formula is C22H13Cl2FN2O. The molecule has 0 aliphatic heterocycles.